The summed E-state index contributed by atoms with van der Waals surface area (Å²) in [7, 11) is 0. The number of amides is 2. The average molecular weight is 397 g/mol. The Balaban J connectivity index is 2.82. The Morgan fingerprint density at radius 1 is 1.14 bits per heavy atom. The first-order chi connectivity index (χ1) is 13.1. The molecule has 11 nitrogen and oxygen atoms in total. The summed E-state index contributed by atoms with van der Waals surface area (Å²) in [4.78, 5) is 53.6. The number of nitrogens with one attached hydrogen (secondary N) is 3. The predicted molar refractivity (Wildman–Crippen MR) is 98.1 cm³/mol. The lowest BCUT2D eigenvalue weighted by molar-refractivity contribution is -0.143. The average Bonchev–Trinajstić information content (AvgIpc) is 3.09. The van der Waals surface area contributed by atoms with Crippen molar-refractivity contribution in [3.8, 4) is 0 Å². The Morgan fingerprint density at radius 3 is 2.29 bits per heavy atom. The van der Waals surface area contributed by atoms with E-state index >= 15 is 0 Å². The first-order valence-corrected chi connectivity index (χ1v) is 8.88. The molecule has 0 fully saturated rings. The topological polar surface area (TPSA) is 188 Å². The summed E-state index contributed by atoms with van der Waals surface area (Å²) in [6, 6.07) is -3.35. The molecule has 0 aliphatic rings. The number of nitrogens with zero attached hydrogens (tertiary/aromatic N) is 1. The van der Waals surface area contributed by atoms with Crippen molar-refractivity contribution in [3.05, 3.63) is 18.2 Å². The molecule has 156 valence electrons. The van der Waals surface area contributed by atoms with Crippen molar-refractivity contribution in [1.29, 1.82) is 0 Å². The fraction of sp³-hybridized carbons (Fsp3) is 0.588. The van der Waals surface area contributed by atoms with Crippen molar-refractivity contribution in [1.82, 2.24) is 20.6 Å². The number of hydrogen-bond donors (Lipinski definition) is 6. The van der Waals surface area contributed by atoms with Gasteiger partial charge in [-0.1, -0.05) is 13.8 Å². The first kappa shape index (κ1) is 23.1. The van der Waals surface area contributed by atoms with Crippen LogP contribution in [0, 0.1) is 5.92 Å². The second-order valence-electron chi connectivity index (χ2n) is 6.91. The van der Waals surface area contributed by atoms with Gasteiger partial charge in [-0.2, -0.15) is 0 Å². The molecule has 0 saturated heterocycles. The molecule has 0 aliphatic carbocycles. The van der Waals surface area contributed by atoms with Crippen LogP contribution in [-0.4, -0.2) is 62.1 Å². The highest BCUT2D eigenvalue weighted by molar-refractivity contribution is 5.92. The first-order valence-electron chi connectivity index (χ1n) is 8.88. The van der Waals surface area contributed by atoms with Crippen LogP contribution >= 0.6 is 0 Å². The zero-order chi connectivity index (χ0) is 21.3. The van der Waals surface area contributed by atoms with Crippen LogP contribution in [0.15, 0.2) is 12.5 Å². The molecule has 0 radical (unpaired) electrons. The van der Waals surface area contributed by atoms with Gasteiger partial charge in [0.2, 0.25) is 11.8 Å². The number of hydrogen-bond acceptors (Lipinski definition) is 6. The molecule has 1 heterocycles. The highest BCUT2D eigenvalue weighted by Gasteiger charge is 2.28. The number of carboxylic acids is 2. The third-order valence-electron chi connectivity index (χ3n) is 3.94. The molecule has 0 saturated carbocycles. The Bertz CT molecular complexity index is 676. The van der Waals surface area contributed by atoms with E-state index in [0.717, 1.165) is 0 Å². The maximum absolute atomic E-state index is 12.5. The van der Waals surface area contributed by atoms with Crippen LogP contribution in [0.25, 0.3) is 0 Å². The van der Waals surface area contributed by atoms with Crippen LogP contribution < -0.4 is 16.4 Å². The van der Waals surface area contributed by atoms with Gasteiger partial charge in [-0.05, 0) is 18.8 Å². The predicted octanol–water partition coefficient (Wildman–Crippen LogP) is -0.755. The maximum atomic E-state index is 12.5. The molecule has 11 heteroatoms. The maximum Gasteiger partial charge on any atom is 0.326 e. The summed E-state index contributed by atoms with van der Waals surface area (Å²) in [5, 5.41) is 23.0. The third-order valence-corrected chi connectivity index (χ3v) is 3.94. The number of imidazole rings is 1. The SMILES string of the molecule is CC(C)C[C@H](N)C(=O)N[C@@H](CCC(=O)O)C(=O)N[C@@H](Cc1cnc[nH]1)C(=O)O. The van der Waals surface area contributed by atoms with E-state index in [1.165, 1.54) is 12.5 Å². The Hall–Kier alpha value is -2.95. The molecule has 28 heavy (non-hydrogen) atoms. The minimum atomic E-state index is -1.28. The Morgan fingerprint density at radius 2 is 1.79 bits per heavy atom. The Kier molecular flexibility index (Phi) is 9.09. The Labute approximate surface area is 162 Å². The van der Waals surface area contributed by atoms with Gasteiger partial charge in [0.25, 0.3) is 0 Å². The van der Waals surface area contributed by atoms with E-state index in [-0.39, 0.29) is 25.2 Å². The molecule has 2 amide bonds. The molecule has 0 aliphatic heterocycles. The van der Waals surface area contributed by atoms with Gasteiger partial charge in [-0.25, -0.2) is 9.78 Å². The van der Waals surface area contributed by atoms with E-state index in [9.17, 15) is 24.3 Å². The van der Waals surface area contributed by atoms with Crippen molar-refractivity contribution in [3.63, 3.8) is 0 Å². The van der Waals surface area contributed by atoms with Gasteiger partial charge in [0.15, 0.2) is 0 Å². The van der Waals surface area contributed by atoms with Crippen LogP contribution in [0.1, 0.15) is 38.8 Å². The number of carbonyl (C=O) groups is 4. The number of carbonyl (C=O) groups excluding carboxylic acids is 2. The highest BCUT2D eigenvalue weighted by Crippen LogP contribution is 2.06. The van der Waals surface area contributed by atoms with Crippen LogP contribution in [0.2, 0.25) is 0 Å². The zero-order valence-corrected chi connectivity index (χ0v) is 15.8. The van der Waals surface area contributed by atoms with Gasteiger partial charge in [0.05, 0.1) is 12.4 Å². The van der Waals surface area contributed by atoms with Gasteiger partial charge in [-0.3, -0.25) is 14.4 Å². The lowest BCUT2D eigenvalue weighted by Gasteiger charge is -2.23. The largest absolute Gasteiger partial charge is 0.481 e. The number of rotatable bonds is 12. The second kappa shape index (κ2) is 11.0. The summed E-state index contributed by atoms with van der Waals surface area (Å²) >= 11 is 0. The minimum absolute atomic E-state index is 0.0481. The van der Waals surface area contributed by atoms with Gasteiger partial charge >= 0.3 is 11.9 Å². The van der Waals surface area contributed by atoms with Crippen molar-refractivity contribution in [2.75, 3.05) is 0 Å². The van der Waals surface area contributed by atoms with Gasteiger partial charge in [-0.15, -0.1) is 0 Å². The van der Waals surface area contributed by atoms with Crippen LogP contribution in [0.5, 0.6) is 0 Å². The summed E-state index contributed by atoms with van der Waals surface area (Å²) in [6.45, 7) is 3.77. The quantitative estimate of drug-likeness (QED) is 0.265. The molecule has 1 rings (SSSR count). The highest BCUT2D eigenvalue weighted by atomic mass is 16.4. The monoisotopic (exact) mass is 397 g/mol. The smallest absolute Gasteiger partial charge is 0.326 e. The van der Waals surface area contributed by atoms with Crippen LogP contribution in [-0.2, 0) is 25.6 Å². The molecule has 1 aromatic heterocycles. The molecule has 1 aromatic rings. The molecular formula is C17H27N5O6. The molecule has 3 atom stereocenters. The van der Waals surface area contributed by atoms with Crippen LogP contribution in [0.4, 0.5) is 0 Å². The van der Waals surface area contributed by atoms with E-state index in [0.29, 0.717) is 12.1 Å². The lowest BCUT2D eigenvalue weighted by Crippen LogP contribution is -2.55. The standard InChI is InChI=1S/C17H27N5O6/c1-9(2)5-11(18)15(25)21-12(3-4-14(23)24)16(26)22-13(17(27)28)6-10-7-19-8-20-10/h7-9,11-13H,3-6,18H2,1-2H3,(H,19,20)(H,21,25)(H,22,26)(H,23,24)(H,27,28)/t11-,12-,13-/m0/s1. The van der Waals surface area contributed by atoms with Gasteiger partial charge < -0.3 is 31.6 Å². The van der Waals surface area contributed by atoms with Crippen molar-refractivity contribution in [2.45, 2.75) is 57.7 Å². The van der Waals surface area contributed by atoms with E-state index in [1.54, 1.807) is 0 Å². The van der Waals surface area contributed by atoms with E-state index < -0.39 is 41.9 Å². The molecule has 0 spiro atoms. The summed E-state index contributed by atoms with van der Waals surface area (Å²) in [5.41, 5.74) is 6.30. The van der Waals surface area contributed by atoms with Gasteiger partial charge in [0.1, 0.15) is 12.1 Å². The molecule has 0 aromatic carbocycles. The number of nitrogens with two attached hydrogens (primary N) is 1. The zero-order valence-electron chi connectivity index (χ0n) is 15.8. The summed E-state index contributed by atoms with van der Waals surface area (Å²) in [5.74, 6) is -3.66. The fourth-order valence-electron chi connectivity index (χ4n) is 2.52. The fourth-order valence-corrected chi connectivity index (χ4v) is 2.52. The van der Waals surface area contributed by atoms with Gasteiger partial charge in [0, 0.05) is 24.7 Å². The van der Waals surface area contributed by atoms with Crippen molar-refractivity contribution in [2.24, 2.45) is 11.7 Å². The minimum Gasteiger partial charge on any atom is -0.481 e. The number of aromatic amines is 1. The number of aromatic nitrogens is 2. The van der Waals surface area contributed by atoms with Crippen molar-refractivity contribution >= 4 is 23.8 Å². The molecule has 7 N–H and O–H groups in total. The lowest BCUT2D eigenvalue weighted by atomic mass is 10.0. The molecule has 0 bridgehead atoms. The normalized spacial score (nSPS) is 14.1. The van der Waals surface area contributed by atoms with E-state index in [2.05, 4.69) is 20.6 Å². The second-order valence-corrected chi connectivity index (χ2v) is 6.91. The van der Waals surface area contributed by atoms with E-state index in [1.807, 2.05) is 13.8 Å². The summed E-state index contributed by atoms with van der Waals surface area (Å²) < 4.78 is 0. The molecule has 0 unspecified atom stereocenters. The number of carboxylic acid groups (broad SMARTS) is 2. The summed E-state index contributed by atoms with van der Waals surface area (Å²) in [6.07, 6.45) is 2.57. The number of aliphatic carboxylic acids is 2. The van der Waals surface area contributed by atoms with E-state index in [4.69, 9.17) is 10.8 Å². The van der Waals surface area contributed by atoms with Crippen molar-refractivity contribution < 1.29 is 29.4 Å². The number of H-pyrrole nitrogens is 1. The molecular weight excluding hydrogens is 370 g/mol. The van der Waals surface area contributed by atoms with Crippen LogP contribution in [0.3, 0.4) is 0 Å². The third kappa shape index (κ3) is 8.16.